The van der Waals surface area contributed by atoms with Gasteiger partial charge in [0, 0.05) is 35.9 Å². The molecule has 0 bridgehead atoms. The van der Waals surface area contributed by atoms with Crippen LogP contribution in [-0.2, 0) is 14.8 Å². The van der Waals surface area contributed by atoms with E-state index in [0.29, 0.717) is 17.9 Å². The van der Waals surface area contributed by atoms with Crippen molar-refractivity contribution in [2.45, 2.75) is 30.6 Å². The number of fused-ring (bicyclic) bond motifs is 1. The van der Waals surface area contributed by atoms with Crippen molar-refractivity contribution in [3.8, 4) is 0 Å². The second-order valence-electron chi connectivity index (χ2n) is 8.92. The summed E-state index contributed by atoms with van der Waals surface area (Å²) in [5.41, 5.74) is 1.27. The molecule has 33 heavy (non-hydrogen) atoms. The highest BCUT2D eigenvalue weighted by Crippen LogP contribution is 2.32. The predicted molar refractivity (Wildman–Crippen MR) is 130 cm³/mol. The smallest absolute Gasteiger partial charge is 0.264 e. The van der Waals surface area contributed by atoms with Crippen molar-refractivity contribution in [2.75, 3.05) is 29.3 Å². The molecule has 2 aromatic carbocycles. The molecule has 0 spiro atoms. The first-order valence-corrected chi connectivity index (χ1v) is 12.9. The molecule has 5 rings (SSSR count). The summed E-state index contributed by atoms with van der Waals surface area (Å²) >= 11 is 0. The molecule has 0 atom stereocenters. The third kappa shape index (κ3) is 4.86. The minimum atomic E-state index is -3.79. The predicted octanol–water partition coefficient (Wildman–Crippen LogP) is 3.78. The number of amides is 1. The molecule has 7 nitrogen and oxygen atoms in total. The first-order chi connectivity index (χ1) is 16.0. The minimum absolute atomic E-state index is 0.00351. The Kier molecular flexibility index (Phi) is 6.03. The van der Waals surface area contributed by atoms with Crippen molar-refractivity contribution in [3.63, 3.8) is 0 Å². The maximum Gasteiger partial charge on any atom is 0.264 e. The van der Waals surface area contributed by atoms with Gasteiger partial charge in [-0.25, -0.2) is 8.42 Å². The van der Waals surface area contributed by atoms with Gasteiger partial charge in [0.15, 0.2) is 0 Å². The Morgan fingerprint density at radius 3 is 2.48 bits per heavy atom. The maximum absolute atomic E-state index is 13.8. The average molecular weight is 465 g/mol. The van der Waals surface area contributed by atoms with Gasteiger partial charge in [0.25, 0.3) is 10.0 Å². The van der Waals surface area contributed by atoms with E-state index in [2.05, 4.69) is 15.6 Å². The largest absolute Gasteiger partial charge is 0.326 e. The fraction of sp³-hybridized carbons (Fsp3) is 0.360. The molecule has 2 heterocycles. The van der Waals surface area contributed by atoms with Crippen LogP contribution < -0.4 is 14.9 Å². The van der Waals surface area contributed by atoms with E-state index in [1.807, 2.05) is 24.3 Å². The number of hydrogen-bond donors (Lipinski definition) is 2. The lowest BCUT2D eigenvalue weighted by Gasteiger charge is -2.31. The fourth-order valence-corrected chi connectivity index (χ4v) is 5.83. The normalized spacial score (nSPS) is 17.1. The first-order valence-electron chi connectivity index (χ1n) is 11.5. The van der Waals surface area contributed by atoms with Crippen LogP contribution >= 0.6 is 0 Å². The number of aromatic nitrogens is 1. The van der Waals surface area contributed by atoms with Crippen LogP contribution in [0.2, 0.25) is 0 Å². The third-order valence-corrected chi connectivity index (χ3v) is 8.26. The Balaban J connectivity index is 1.46. The minimum Gasteiger partial charge on any atom is -0.326 e. The lowest BCUT2D eigenvalue weighted by molar-refractivity contribution is -0.117. The molecule has 172 valence electrons. The number of nitrogens with one attached hydrogen (secondary N) is 2. The monoisotopic (exact) mass is 464 g/mol. The number of nitrogens with zero attached hydrogens (tertiary/aromatic N) is 2. The van der Waals surface area contributed by atoms with Crippen LogP contribution in [0.3, 0.4) is 0 Å². The van der Waals surface area contributed by atoms with E-state index in [4.69, 9.17) is 0 Å². The standard InChI is InChI=1S/C25H28N4O3S/c30-25(19-1-2-19)28-22-4-7-24(8-5-22)33(31,32)29(17-18-9-12-26-13-10-18)23-6-3-21-16-27-14-11-20(21)15-23/h3-8,11,14-16,18-19,26H,1-2,9-10,12-13,17H2,(H,28,30). The quantitative estimate of drug-likeness (QED) is 0.555. The number of sulfonamides is 1. The van der Waals surface area contributed by atoms with Gasteiger partial charge in [0.1, 0.15) is 0 Å². The molecule has 2 fully saturated rings. The zero-order valence-corrected chi connectivity index (χ0v) is 19.2. The molecule has 3 aromatic rings. The Bertz CT molecular complexity index is 1250. The number of anilines is 2. The van der Waals surface area contributed by atoms with Crippen LogP contribution in [0, 0.1) is 11.8 Å². The number of benzene rings is 2. The molecular formula is C25H28N4O3S. The molecule has 2 N–H and O–H groups in total. The highest BCUT2D eigenvalue weighted by molar-refractivity contribution is 7.92. The van der Waals surface area contributed by atoms with Crippen LogP contribution in [0.5, 0.6) is 0 Å². The Labute approximate surface area is 194 Å². The Morgan fingerprint density at radius 1 is 1.00 bits per heavy atom. The van der Waals surface area contributed by atoms with Crippen molar-refractivity contribution in [2.24, 2.45) is 11.8 Å². The number of rotatable bonds is 7. The average Bonchev–Trinajstić information content (AvgIpc) is 3.69. The van der Waals surface area contributed by atoms with Crippen LogP contribution in [0.15, 0.2) is 65.8 Å². The van der Waals surface area contributed by atoms with E-state index >= 15 is 0 Å². The van der Waals surface area contributed by atoms with E-state index in [1.54, 1.807) is 41.0 Å². The number of pyridine rings is 1. The number of carbonyl (C=O) groups excluding carboxylic acids is 1. The lowest BCUT2D eigenvalue weighted by Crippen LogP contribution is -2.39. The summed E-state index contributed by atoms with van der Waals surface area (Å²) in [6.45, 7) is 2.23. The highest BCUT2D eigenvalue weighted by Gasteiger charge is 2.30. The molecule has 2 aliphatic rings. The molecule has 1 saturated heterocycles. The molecule has 8 heteroatoms. The summed E-state index contributed by atoms with van der Waals surface area (Å²) in [5, 5.41) is 8.13. The molecule has 1 aliphatic carbocycles. The third-order valence-electron chi connectivity index (χ3n) is 6.45. The summed E-state index contributed by atoms with van der Waals surface area (Å²) < 4.78 is 29.2. The molecule has 1 saturated carbocycles. The molecule has 1 aromatic heterocycles. The number of hydrogen-bond acceptors (Lipinski definition) is 5. The second kappa shape index (κ2) is 9.11. The second-order valence-corrected chi connectivity index (χ2v) is 10.8. The van der Waals surface area contributed by atoms with Gasteiger partial charge >= 0.3 is 0 Å². The lowest BCUT2D eigenvalue weighted by atomic mass is 9.98. The van der Waals surface area contributed by atoms with Crippen LogP contribution in [-0.4, -0.2) is 38.9 Å². The van der Waals surface area contributed by atoms with Crippen molar-refractivity contribution < 1.29 is 13.2 Å². The van der Waals surface area contributed by atoms with Gasteiger partial charge in [-0.3, -0.25) is 14.1 Å². The van der Waals surface area contributed by atoms with Crippen molar-refractivity contribution in [1.29, 1.82) is 0 Å². The Morgan fingerprint density at radius 2 is 1.76 bits per heavy atom. The van der Waals surface area contributed by atoms with Gasteiger partial charge in [0.2, 0.25) is 5.91 Å². The Hall–Kier alpha value is -2.97. The summed E-state index contributed by atoms with van der Waals surface area (Å²) in [6.07, 6.45) is 7.22. The van der Waals surface area contributed by atoms with Crippen LogP contribution in [0.4, 0.5) is 11.4 Å². The molecule has 1 amide bonds. The fourth-order valence-electron chi connectivity index (χ4n) is 4.29. The molecule has 1 aliphatic heterocycles. The number of piperidine rings is 1. The van der Waals surface area contributed by atoms with E-state index in [1.165, 1.54) is 0 Å². The van der Waals surface area contributed by atoms with E-state index in [9.17, 15) is 13.2 Å². The first kappa shape index (κ1) is 21.9. The SMILES string of the molecule is O=C(Nc1ccc(S(=O)(=O)N(CC2CCNCC2)c2ccc3cnccc3c2)cc1)C1CC1. The summed E-state index contributed by atoms with van der Waals surface area (Å²) in [5.74, 6) is 0.382. The molecule has 0 unspecified atom stereocenters. The van der Waals surface area contributed by atoms with E-state index in [-0.39, 0.29) is 22.6 Å². The van der Waals surface area contributed by atoms with Gasteiger partial charge in [-0.15, -0.1) is 0 Å². The maximum atomic E-state index is 13.8. The topological polar surface area (TPSA) is 91.4 Å². The summed E-state index contributed by atoms with van der Waals surface area (Å²) in [7, 11) is -3.79. The van der Waals surface area contributed by atoms with Gasteiger partial charge in [0.05, 0.1) is 10.6 Å². The van der Waals surface area contributed by atoms with E-state index < -0.39 is 10.0 Å². The number of carbonyl (C=O) groups is 1. The van der Waals surface area contributed by atoms with Gasteiger partial charge in [-0.1, -0.05) is 6.07 Å². The van der Waals surface area contributed by atoms with Crippen molar-refractivity contribution >= 4 is 38.1 Å². The zero-order valence-electron chi connectivity index (χ0n) is 18.4. The van der Waals surface area contributed by atoms with Crippen molar-refractivity contribution in [3.05, 3.63) is 60.9 Å². The highest BCUT2D eigenvalue weighted by atomic mass is 32.2. The van der Waals surface area contributed by atoms with Gasteiger partial charge in [-0.05, 0) is 92.5 Å². The molecule has 0 radical (unpaired) electrons. The van der Waals surface area contributed by atoms with Gasteiger partial charge < -0.3 is 10.6 Å². The zero-order chi connectivity index (χ0) is 22.8. The van der Waals surface area contributed by atoms with Crippen molar-refractivity contribution in [1.82, 2.24) is 10.3 Å². The summed E-state index contributed by atoms with van der Waals surface area (Å²) in [4.78, 5) is 16.4. The van der Waals surface area contributed by atoms with Crippen LogP contribution in [0.25, 0.3) is 10.8 Å². The van der Waals surface area contributed by atoms with Gasteiger partial charge in [-0.2, -0.15) is 0 Å². The van der Waals surface area contributed by atoms with Crippen LogP contribution in [0.1, 0.15) is 25.7 Å². The molecular weight excluding hydrogens is 436 g/mol. The summed E-state index contributed by atoms with van der Waals surface area (Å²) in [6, 6.07) is 14.1. The van der Waals surface area contributed by atoms with E-state index in [0.717, 1.165) is 49.5 Å².